The van der Waals surface area contributed by atoms with Crippen LogP contribution in [0, 0.1) is 0 Å². The van der Waals surface area contributed by atoms with E-state index in [0.717, 1.165) is 30.8 Å². The van der Waals surface area contributed by atoms with Crippen LogP contribution in [0.3, 0.4) is 0 Å². The number of halogens is 1. The Balaban J connectivity index is 2.15. The molecule has 0 radical (unpaired) electrons. The smallest absolute Gasteiger partial charge is 0.348 e. The highest BCUT2D eigenvalue weighted by molar-refractivity contribution is 7.14. The van der Waals surface area contributed by atoms with Gasteiger partial charge in [-0.25, -0.2) is 4.79 Å². The molecule has 2 heterocycles. The summed E-state index contributed by atoms with van der Waals surface area (Å²) in [5, 5.41) is 0.713. The van der Waals surface area contributed by atoms with Crippen LogP contribution in [-0.2, 0) is 4.74 Å². The lowest BCUT2D eigenvalue weighted by atomic mass is 9.95. The summed E-state index contributed by atoms with van der Waals surface area (Å²) in [5.41, 5.74) is 0. The SMILES string of the molecule is COC(=O)c1cc(Cl)c(C2CCN(C)CC2)s1. The maximum absolute atomic E-state index is 11.4. The number of piperidine rings is 1. The van der Waals surface area contributed by atoms with E-state index in [2.05, 4.69) is 11.9 Å². The maximum Gasteiger partial charge on any atom is 0.348 e. The lowest BCUT2D eigenvalue weighted by Crippen LogP contribution is -2.28. The van der Waals surface area contributed by atoms with Crippen LogP contribution in [-0.4, -0.2) is 38.1 Å². The molecule has 0 aromatic carbocycles. The Bertz CT molecular complexity index is 411. The van der Waals surface area contributed by atoms with E-state index < -0.39 is 0 Å². The number of rotatable bonds is 2. The average molecular weight is 274 g/mol. The first-order valence-electron chi connectivity index (χ1n) is 5.68. The van der Waals surface area contributed by atoms with Crippen LogP contribution in [0.4, 0.5) is 0 Å². The third-order valence-electron chi connectivity index (χ3n) is 3.19. The van der Waals surface area contributed by atoms with E-state index in [0.29, 0.717) is 15.8 Å². The molecule has 0 spiro atoms. The van der Waals surface area contributed by atoms with E-state index in [1.165, 1.54) is 18.4 Å². The molecular formula is C12H16ClNO2S. The van der Waals surface area contributed by atoms with Crippen molar-refractivity contribution in [3.8, 4) is 0 Å². The molecule has 17 heavy (non-hydrogen) atoms. The van der Waals surface area contributed by atoms with Crippen molar-refractivity contribution in [1.82, 2.24) is 4.90 Å². The fourth-order valence-electron chi connectivity index (χ4n) is 2.13. The zero-order chi connectivity index (χ0) is 12.4. The first-order chi connectivity index (χ1) is 8.11. The molecule has 0 saturated carbocycles. The summed E-state index contributed by atoms with van der Waals surface area (Å²) >= 11 is 7.68. The third-order valence-corrected chi connectivity index (χ3v) is 4.89. The molecule has 0 atom stereocenters. The monoisotopic (exact) mass is 273 g/mol. The first-order valence-corrected chi connectivity index (χ1v) is 6.87. The molecule has 94 valence electrons. The Labute approximate surface area is 110 Å². The molecule has 0 N–H and O–H groups in total. The molecule has 1 aromatic rings. The van der Waals surface area contributed by atoms with Crippen molar-refractivity contribution in [2.24, 2.45) is 0 Å². The Hall–Kier alpha value is -0.580. The van der Waals surface area contributed by atoms with E-state index in [9.17, 15) is 4.79 Å². The summed E-state index contributed by atoms with van der Waals surface area (Å²) in [5.74, 6) is 0.193. The van der Waals surface area contributed by atoms with Gasteiger partial charge in [0.1, 0.15) is 4.88 Å². The second kappa shape index (κ2) is 5.38. The van der Waals surface area contributed by atoms with Gasteiger partial charge < -0.3 is 9.64 Å². The maximum atomic E-state index is 11.4. The van der Waals surface area contributed by atoms with Crippen LogP contribution in [0.2, 0.25) is 5.02 Å². The standard InChI is InChI=1S/C12H16ClNO2S/c1-14-5-3-8(4-6-14)11-9(13)7-10(17-11)12(15)16-2/h7-8H,3-6H2,1-2H3. The van der Waals surface area contributed by atoms with Crippen molar-refractivity contribution in [3.05, 3.63) is 20.8 Å². The number of carbonyl (C=O) groups is 1. The van der Waals surface area contributed by atoms with Gasteiger partial charge in [0, 0.05) is 4.88 Å². The minimum atomic E-state index is -0.295. The number of thiophene rings is 1. The molecule has 2 rings (SSSR count). The summed E-state index contributed by atoms with van der Waals surface area (Å²) in [7, 11) is 3.53. The Morgan fingerprint density at radius 1 is 1.53 bits per heavy atom. The largest absolute Gasteiger partial charge is 0.465 e. The van der Waals surface area contributed by atoms with Gasteiger partial charge in [0.2, 0.25) is 0 Å². The highest BCUT2D eigenvalue weighted by atomic mass is 35.5. The fourth-order valence-corrected chi connectivity index (χ4v) is 3.72. The zero-order valence-electron chi connectivity index (χ0n) is 10.0. The second-order valence-corrected chi connectivity index (χ2v) is 5.88. The van der Waals surface area contributed by atoms with Crippen LogP contribution >= 0.6 is 22.9 Å². The van der Waals surface area contributed by atoms with Crippen molar-refractivity contribution in [1.29, 1.82) is 0 Å². The van der Waals surface area contributed by atoms with Crippen LogP contribution in [0.5, 0.6) is 0 Å². The lowest BCUT2D eigenvalue weighted by molar-refractivity contribution is 0.0606. The number of hydrogen-bond donors (Lipinski definition) is 0. The number of carbonyl (C=O) groups excluding carboxylic acids is 1. The van der Waals surface area contributed by atoms with Crippen LogP contribution < -0.4 is 0 Å². The summed E-state index contributed by atoms with van der Waals surface area (Å²) in [6.07, 6.45) is 2.22. The number of nitrogens with zero attached hydrogens (tertiary/aromatic N) is 1. The van der Waals surface area contributed by atoms with Gasteiger partial charge in [-0.3, -0.25) is 0 Å². The topological polar surface area (TPSA) is 29.5 Å². The van der Waals surface area contributed by atoms with Gasteiger partial charge in [-0.15, -0.1) is 11.3 Å². The molecule has 0 amide bonds. The lowest BCUT2D eigenvalue weighted by Gasteiger charge is -2.28. The number of esters is 1. The quantitative estimate of drug-likeness (QED) is 0.776. The number of methoxy groups -OCH3 is 1. The third kappa shape index (κ3) is 2.81. The molecule has 0 bridgehead atoms. The molecule has 1 aromatic heterocycles. The highest BCUT2D eigenvalue weighted by Gasteiger charge is 2.24. The van der Waals surface area contributed by atoms with E-state index in [1.807, 2.05) is 0 Å². The van der Waals surface area contributed by atoms with E-state index in [-0.39, 0.29) is 5.97 Å². The van der Waals surface area contributed by atoms with Crippen LogP contribution in [0.25, 0.3) is 0 Å². The van der Waals surface area contributed by atoms with Gasteiger partial charge in [0.25, 0.3) is 0 Å². The van der Waals surface area contributed by atoms with Gasteiger partial charge >= 0.3 is 5.97 Å². The van der Waals surface area contributed by atoms with E-state index in [4.69, 9.17) is 16.3 Å². The Morgan fingerprint density at radius 2 is 2.18 bits per heavy atom. The van der Waals surface area contributed by atoms with Crippen LogP contribution in [0.1, 0.15) is 33.3 Å². The minimum absolute atomic E-state index is 0.295. The van der Waals surface area contributed by atoms with Gasteiger partial charge in [-0.05, 0) is 45.0 Å². The summed E-state index contributed by atoms with van der Waals surface area (Å²) < 4.78 is 4.71. The molecule has 1 saturated heterocycles. The second-order valence-electron chi connectivity index (χ2n) is 4.39. The van der Waals surface area contributed by atoms with Crippen molar-refractivity contribution < 1.29 is 9.53 Å². The molecular weight excluding hydrogens is 258 g/mol. The molecule has 0 unspecified atom stereocenters. The summed E-state index contributed by atoms with van der Waals surface area (Å²) in [6, 6.07) is 1.73. The number of hydrogen-bond acceptors (Lipinski definition) is 4. The average Bonchev–Trinajstić information content (AvgIpc) is 2.71. The predicted octanol–water partition coefficient (Wildman–Crippen LogP) is 3.00. The first kappa shape index (κ1) is 12.9. The van der Waals surface area contributed by atoms with E-state index in [1.54, 1.807) is 6.07 Å². The predicted molar refractivity (Wildman–Crippen MR) is 70.1 cm³/mol. The molecule has 5 heteroatoms. The molecule has 3 nitrogen and oxygen atoms in total. The Kier molecular flexibility index (Phi) is 4.07. The van der Waals surface area contributed by atoms with Crippen molar-refractivity contribution in [2.75, 3.05) is 27.2 Å². The van der Waals surface area contributed by atoms with Gasteiger partial charge in [-0.2, -0.15) is 0 Å². The highest BCUT2D eigenvalue weighted by Crippen LogP contribution is 2.38. The minimum Gasteiger partial charge on any atom is -0.465 e. The van der Waals surface area contributed by atoms with Gasteiger partial charge in [0.05, 0.1) is 12.1 Å². The molecule has 0 aliphatic carbocycles. The molecule has 1 fully saturated rings. The number of ether oxygens (including phenoxy) is 1. The fraction of sp³-hybridized carbons (Fsp3) is 0.583. The van der Waals surface area contributed by atoms with Crippen LogP contribution in [0.15, 0.2) is 6.07 Å². The normalized spacial score (nSPS) is 18.3. The van der Waals surface area contributed by atoms with Gasteiger partial charge in [-0.1, -0.05) is 11.6 Å². The molecule has 1 aliphatic heterocycles. The Morgan fingerprint density at radius 3 is 2.76 bits per heavy atom. The zero-order valence-corrected chi connectivity index (χ0v) is 11.6. The van der Waals surface area contributed by atoms with Crippen molar-refractivity contribution in [3.63, 3.8) is 0 Å². The molecule has 1 aliphatic rings. The van der Waals surface area contributed by atoms with Crippen molar-refractivity contribution in [2.45, 2.75) is 18.8 Å². The van der Waals surface area contributed by atoms with E-state index >= 15 is 0 Å². The van der Waals surface area contributed by atoms with Crippen molar-refractivity contribution >= 4 is 28.9 Å². The number of likely N-dealkylation sites (tertiary alicyclic amines) is 1. The van der Waals surface area contributed by atoms with Gasteiger partial charge in [0.15, 0.2) is 0 Å². The summed E-state index contributed by atoms with van der Waals surface area (Å²) in [6.45, 7) is 2.18. The summed E-state index contributed by atoms with van der Waals surface area (Å²) in [4.78, 5) is 15.5.